The average Bonchev–Trinajstić information content (AvgIpc) is 2.84. The number of nitrogen functional groups attached to an aromatic ring is 1. The third kappa shape index (κ3) is 2.18. The number of hydrogen-bond donors (Lipinski definition) is 1. The van der Waals surface area contributed by atoms with Gasteiger partial charge in [0.05, 0.1) is 24.0 Å². The molecule has 5 heteroatoms. The van der Waals surface area contributed by atoms with Crippen molar-refractivity contribution in [2.45, 2.75) is 31.7 Å². The number of anilines is 1. The fraction of sp³-hybridized carbons (Fsp3) is 0.636. The molecule has 0 radical (unpaired) electrons. The third-order valence-electron chi connectivity index (χ3n) is 2.96. The van der Waals surface area contributed by atoms with Gasteiger partial charge in [-0.15, -0.1) is 0 Å². The van der Waals surface area contributed by atoms with Crippen LogP contribution in [0.4, 0.5) is 5.82 Å². The summed E-state index contributed by atoms with van der Waals surface area (Å²) >= 11 is 0. The Morgan fingerprint density at radius 1 is 1.50 bits per heavy atom. The van der Waals surface area contributed by atoms with E-state index in [9.17, 15) is 0 Å². The Bertz CT molecular complexity index is 374. The molecule has 0 bridgehead atoms. The van der Waals surface area contributed by atoms with Crippen molar-refractivity contribution in [2.24, 2.45) is 5.10 Å². The Balaban J connectivity index is 2.16. The molecule has 1 heterocycles. The molecule has 2 rings (SSSR count). The van der Waals surface area contributed by atoms with Crippen LogP contribution in [0.25, 0.3) is 0 Å². The van der Waals surface area contributed by atoms with Crippen molar-refractivity contribution in [1.82, 2.24) is 14.8 Å². The molecule has 1 aliphatic rings. The van der Waals surface area contributed by atoms with E-state index in [0.29, 0.717) is 6.04 Å². The molecule has 2 N–H and O–H groups in total. The number of nitrogens with zero attached hydrogens (tertiary/aromatic N) is 4. The van der Waals surface area contributed by atoms with E-state index in [2.05, 4.69) is 10.2 Å². The van der Waals surface area contributed by atoms with E-state index >= 15 is 0 Å². The molecule has 1 fully saturated rings. The van der Waals surface area contributed by atoms with Gasteiger partial charge in [0.2, 0.25) is 0 Å². The zero-order valence-corrected chi connectivity index (χ0v) is 9.93. The van der Waals surface area contributed by atoms with Gasteiger partial charge >= 0.3 is 0 Å². The van der Waals surface area contributed by atoms with Gasteiger partial charge in [0.25, 0.3) is 0 Å². The number of aromatic nitrogens is 2. The Hall–Kier alpha value is -1.52. The minimum absolute atomic E-state index is 0.488. The van der Waals surface area contributed by atoms with Crippen LogP contribution >= 0.6 is 0 Å². The quantitative estimate of drug-likeness (QED) is 0.621. The predicted octanol–water partition coefficient (Wildman–Crippen LogP) is 1.48. The van der Waals surface area contributed by atoms with Crippen LogP contribution in [0.1, 0.15) is 37.3 Å². The van der Waals surface area contributed by atoms with E-state index in [-0.39, 0.29) is 0 Å². The van der Waals surface area contributed by atoms with E-state index in [1.807, 2.05) is 18.8 Å². The number of rotatable bonds is 3. The maximum absolute atomic E-state index is 6.06. The van der Waals surface area contributed by atoms with Crippen molar-refractivity contribution in [1.29, 1.82) is 0 Å². The molecule has 0 unspecified atom stereocenters. The maximum atomic E-state index is 6.06. The highest BCUT2D eigenvalue weighted by molar-refractivity contribution is 5.85. The van der Waals surface area contributed by atoms with Crippen molar-refractivity contribution >= 4 is 12.0 Å². The largest absolute Gasteiger partial charge is 0.383 e. The SMILES string of the molecule is CN(C)N=Cc1cnn(C2CCCC2)c1N. The van der Waals surface area contributed by atoms with Gasteiger partial charge in [0.1, 0.15) is 5.82 Å². The minimum atomic E-state index is 0.488. The van der Waals surface area contributed by atoms with Gasteiger partial charge < -0.3 is 10.7 Å². The van der Waals surface area contributed by atoms with Gasteiger partial charge in [-0.25, -0.2) is 4.68 Å². The molecule has 0 spiro atoms. The molecule has 1 aromatic rings. The van der Waals surface area contributed by atoms with E-state index in [0.717, 1.165) is 11.4 Å². The second kappa shape index (κ2) is 4.55. The van der Waals surface area contributed by atoms with Crippen LogP contribution in [-0.4, -0.2) is 35.1 Å². The predicted molar refractivity (Wildman–Crippen MR) is 65.4 cm³/mol. The van der Waals surface area contributed by atoms with Gasteiger partial charge in [-0.3, -0.25) is 0 Å². The van der Waals surface area contributed by atoms with E-state index in [1.54, 1.807) is 17.4 Å². The van der Waals surface area contributed by atoms with Crippen molar-refractivity contribution in [2.75, 3.05) is 19.8 Å². The number of nitrogens with two attached hydrogens (primary N) is 1. The van der Waals surface area contributed by atoms with Gasteiger partial charge in [-0.2, -0.15) is 10.2 Å². The van der Waals surface area contributed by atoms with Crippen molar-refractivity contribution in [3.05, 3.63) is 11.8 Å². The highest BCUT2D eigenvalue weighted by Crippen LogP contribution is 2.31. The summed E-state index contributed by atoms with van der Waals surface area (Å²) in [6.07, 6.45) is 8.50. The fourth-order valence-electron chi connectivity index (χ4n) is 2.10. The van der Waals surface area contributed by atoms with Crippen molar-refractivity contribution in [3.8, 4) is 0 Å². The summed E-state index contributed by atoms with van der Waals surface area (Å²) < 4.78 is 1.95. The van der Waals surface area contributed by atoms with Crippen molar-refractivity contribution in [3.63, 3.8) is 0 Å². The Labute approximate surface area is 95.9 Å². The molecule has 88 valence electrons. The summed E-state index contributed by atoms with van der Waals surface area (Å²) in [5.74, 6) is 0.734. The van der Waals surface area contributed by atoms with Crippen LogP contribution < -0.4 is 5.73 Å². The Kier molecular flexibility index (Phi) is 3.12. The van der Waals surface area contributed by atoms with Crippen LogP contribution in [0, 0.1) is 0 Å². The van der Waals surface area contributed by atoms with Crippen LogP contribution in [0.5, 0.6) is 0 Å². The first kappa shape index (κ1) is 11.0. The molecule has 0 amide bonds. The van der Waals surface area contributed by atoms with Crippen molar-refractivity contribution < 1.29 is 0 Å². The van der Waals surface area contributed by atoms with E-state index < -0.39 is 0 Å². The lowest BCUT2D eigenvalue weighted by Crippen LogP contribution is -2.10. The van der Waals surface area contributed by atoms with E-state index in [4.69, 9.17) is 5.73 Å². The van der Waals surface area contributed by atoms with Gasteiger partial charge in [-0.05, 0) is 12.8 Å². The lowest BCUT2D eigenvalue weighted by Gasteiger charge is -2.11. The standard InChI is InChI=1S/C11H19N5/c1-15(2)13-7-9-8-14-16(11(9)12)10-5-3-4-6-10/h7-8,10H,3-6,12H2,1-2H3. The first-order valence-corrected chi connectivity index (χ1v) is 5.73. The molecule has 0 aromatic carbocycles. The van der Waals surface area contributed by atoms with Gasteiger partial charge in [0.15, 0.2) is 0 Å². The highest BCUT2D eigenvalue weighted by Gasteiger charge is 2.20. The average molecular weight is 221 g/mol. The van der Waals surface area contributed by atoms with Crippen LogP contribution in [0.15, 0.2) is 11.3 Å². The molecule has 5 nitrogen and oxygen atoms in total. The second-order valence-electron chi connectivity index (χ2n) is 4.46. The third-order valence-corrected chi connectivity index (χ3v) is 2.96. The molecular weight excluding hydrogens is 202 g/mol. The summed E-state index contributed by atoms with van der Waals surface area (Å²) in [4.78, 5) is 0. The zero-order chi connectivity index (χ0) is 11.5. The minimum Gasteiger partial charge on any atom is -0.383 e. The molecule has 16 heavy (non-hydrogen) atoms. The highest BCUT2D eigenvalue weighted by atomic mass is 15.4. The van der Waals surface area contributed by atoms with Crippen LogP contribution in [-0.2, 0) is 0 Å². The first-order chi connectivity index (χ1) is 7.68. The summed E-state index contributed by atoms with van der Waals surface area (Å²) in [7, 11) is 3.77. The second-order valence-corrected chi connectivity index (χ2v) is 4.46. The summed E-state index contributed by atoms with van der Waals surface area (Å²) in [6.45, 7) is 0. The lowest BCUT2D eigenvalue weighted by molar-refractivity contribution is 0.440. The molecule has 0 aliphatic heterocycles. The lowest BCUT2D eigenvalue weighted by atomic mass is 10.2. The topological polar surface area (TPSA) is 59.4 Å². The van der Waals surface area contributed by atoms with Crippen LogP contribution in [0.3, 0.4) is 0 Å². The Morgan fingerprint density at radius 2 is 2.19 bits per heavy atom. The molecular formula is C11H19N5. The summed E-state index contributed by atoms with van der Waals surface area (Å²) in [5.41, 5.74) is 6.96. The first-order valence-electron chi connectivity index (χ1n) is 5.73. The number of hydrogen-bond acceptors (Lipinski definition) is 4. The maximum Gasteiger partial charge on any atom is 0.130 e. The molecule has 1 aliphatic carbocycles. The Morgan fingerprint density at radius 3 is 2.81 bits per heavy atom. The number of hydrazone groups is 1. The normalized spacial score (nSPS) is 17.4. The molecule has 1 aromatic heterocycles. The van der Waals surface area contributed by atoms with Gasteiger partial charge in [0, 0.05) is 14.1 Å². The van der Waals surface area contributed by atoms with Gasteiger partial charge in [-0.1, -0.05) is 12.8 Å². The fourth-order valence-corrected chi connectivity index (χ4v) is 2.10. The molecule has 0 saturated heterocycles. The summed E-state index contributed by atoms with van der Waals surface area (Å²) in [5, 5.41) is 10.3. The monoisotopic (exact) mass is 221 g/mol. The molecule has 1 saturated carbocycles. The molecule has 0 atom stereocenters. The summed E-state index contributed by atoms with van der Waals surface area (Å²) in [6, 6.07) is 0.488. The van der Waals surface area contributed by atoms with E-state index in [1.165, 1.54) is 25.7 Å². The van der Waals surface area contributed by atoms with Crippen LogP contribution in [0.2, 0.25) is 0 Å². The zero-order valence-electron chi connectivity index (χ0n) is 9.93. The smallest absolute Gasteiger partial charge is 0.130 e.